The fourth-order valence-electron chi connectivity index (χ4n) is 2.68. The number of carbonyl (C=O) groups is 1. The number of esters is 1. The van der Waals surface area contributed by atoms with E-state index in [1.807, 2.05) is 45.0 Å². The van der Waals surface area contributed by atoms with Crippen molar-refractivity contribution in [3.05, 3.63) is 28.7 Å². The smallest absolute Gasteiger partial charge is 0.306 e. The van der Waals surface area contributed by atoms with Gasteiger partial charge in [-0.25, -0.2) is 0 Å². The maximum atomic E-state index is 12.0. The Morgan fingerprint density at radius 2 is 1.90 bits per heavy atom. The molecule has 0 saturated heterocycles. The van der Waals surface area contributed by atoms with Crippen LogP contribution in [0.4, 0.5) is 0 Å². The second-order valence-electron chi connectivity index (χ2n) is 6.59. The molecule has 1 aromatic carbocycles. The first-order valence-corrected chi connectivity index (χ1v) is 8.27. The summed E-state index contributed by atoms with van der Waals surface area (Å²) < 4.78 is 12.5. The zero-order valence-corrected chi connectivity index (χ0v) is 14.5. The molecule has 0 amide bonds. The van der Waals surface area contributed by atoms with Crippen LogP contribution < -0.4 is 4.74 Å². The standard InChI is InChI=1S/C17H23BrO3/c1-17(2,3)21-16(19)11-12-5-4-6-15(12)20-14-9-7-13(18)8-10-14/h7-10,12,15H,4-6,11H2,1-3H3. The molecule has 1 aliphatic rings. The van der Waals surface area contributed by atoms with Crippen molar-refractivity contribution >= 4 is 21.9 Å². The first-order valence-electron chi connectivity index (χ1n) is 7.47. The van der Waals surface area contributed by atoms with Crippen LogP contribution >= 0.6 is 15.9 Å². The average Bonchev–Trinajstić information content (AvgIpc) is 2.77. The predicted molar refractivity (Wildman–Crippen MR) is 86.4 cm³/mol. The van der Waals surface area contributed by atoms with E-state index in [-0.39, 0.29) is 18.0 Å². The third-order valence-electron chi connectivity index (χ3n) is 3.54. The highest BCUT2D eigenvalue weighted by Crippen LogP contribution is 2.33. The van der Waals surface area contributed by atoms with Gasteiger partial charge in [-0.15, -0.1) is 0 Å². The quantitative estimate of drug-likeness (QED) is 0.733. The molecule has 3 nitrogen and oxygen atoms in total. The second kappa shape index (κ2) is 6.82. The molecule has 0 N–H and O–H groups in total. The summed E-state index contributed by atoms with van der Waals surface area (Å²) in [4.78, 5) is 12.0. The van der Waals surface area contributed by atoms with E-state index in [2.05, 4.69) is 15.9 Å². The van der Waals surface area contributed by atoms with Gasteiger partial charge in [0.05, 0.1) is 6.42 Å². The van der Waals surface area contributed by atoms with Crippen LogP contribution in [0.15, 0.2) is 28.7 Å². The molecule has 1 aromatic rings. The molecule has 0 aliphatic heterocycles. The monoisotopic (exact) mass is 354 g/mol. The summed E-state index contributed by atoms with van der Waals surface area (Å²) >= 11 is 3.41. The van der Waals surface area contributed by atoms with Crippen molar-refractivity contribution in [2.24, 2.45) is 5.92 Å². The Bertz CT molecular complexity index is 476. The lowest BCUT2D eigenvalue weighted by atomic mass is 10.0. The molecule has 0 radical (unpaired) electrons. The number of benzene rings is 1. The highest BCUT2D eigenvalue weighted by Gasteiger charge is 2.32. The van der Waals surface area contributed by atoms with Crippen LogP contribution in [-0.2, 0) is 9.53 Å². The molecule has 2 unspecified atom stereocenters. The zero-order valence-electron chi connectivity index (χ0n) is 12.9. The molecule has 1 saturated carbocycles. The van der Waals surface area contributed by atoms with Gasteiger partial charge in [0, 0.05) is 10.4 Å². The molecule has 1 fully saturated rings. The van der Waals surface area contributed by atoms with Gasteiger partial charge < -0.3 is 9.47 Å². The van der Waals surface area contributed by atoms with Crippen molar-refractivity contribution in [1.82, 2.24) is 0 Å². The van der Waals surface area contributed by atoms with E-state index >= 15 is 0 Å². The first-order chi connectivity index (χ1) is 9.83. The van der Waals surface area contributed by atoms with E-state index in [9.17, 15) is 4.79 Å². The van der Waals surface area contributed by atoms with Gasteiger partial charge in [-0.2, -0.15) is 0 Å². The van der Waals surface area contributed by atoms with Gasteiger partial charge in [-0.3, -0.25) is 4.79 Å². The Morgan fingerprint density at radius 3 is 2.52 bits per heavy atom. The average molecular weight is 355 g/mol. The van der Waals surface area contributed by atoms with Gasteiger partial charge >= 0.3 is 5.97 Å². The lowest BCUT2D eigenvalue weighted by molar-refractivity contribution is -0.156. The van der Waals surface area contributed by atoms with Gasteiger partial charge in [0.2, 0.25) is 0 Å². The maximum absolute atomic E-state index is 12.0. The zero-order chi connectivity index (χ0) is 15.5. The Labute approximate surface area is 135 Å². The third kappa shape index (κ3) is 5.34. The number of rotatable bonds is 4. The number of hydrogen-bond acceptors (Lipinski definition) is 3. The van der Waals surface area contributed by atoms with Crippen LogP contribution in [-0.4, -0.2) is 17.7 Å². The van der Waals surface area contributed by atoms with E-state index in [0.29, 0.717) is 6.42 Å². The summed E-state index contributed by atoms with van der Waals surface area (Å²) in [5.41, 5.74) is -0.419. The van der Waals surface area contributed by atoms with E-state index in [4.69, 9.17) is 9.47 Å². The maximum Gasteiger partial charge on any atom is 0.306 e. The minimum absolute atomic E-state index is 0.110. The molecular weight excluding hydrogens is 332 g/mol. The molecule has 0 spiro atoms. The van der Waals surface area contributed by atoms with E-state index < -0.39 is 5.60 Å². The first kappa shape index (κ1) is 16.3. The fourth-order valence-corrected chi connectivity index (χ4v) is 2.94. The lowest BCUT2D eigenvalue weighted by Gasteiger charge is -2.24. The van der Waals surface area contributed by atoms with E-state index in [0.717, 1.165) is 29.5 Å². The molecule has 0 aromatic heterocycles. The summed E-state index contributed by atoms with van der Waals surface area (Å²) in [5, 5.41) is 0. The molecule has 0 heterocycles. The van der Waals surface area contributed by atoms with Gasteiger partial charge in [-0.05, 0) is 64.3 Å². The highest BCUT2D eigenvalue weighted by atomic mass is 79.9. The van der Waals surface area contributed by atoms with Crippen LogP contribution in [0.1, 0.15) is 46.5 Å². The lowest BCUT2D eigenvalue weighted by Crippen LogP contribution is -2.29. The Kier molecular flexibility index (Phi) is 5.31. The molecular formula is C17H23BrO3. The molecule has 2 atom stereocenters. The molecule has 2 rings (SSSR count). The molecule has 1 aliphatic carbocycles. The van der Waals surface area contributed by atoms with Crippen LogP contribution in [0.3, 0.4) is 0 Å². The summed E-state index contributed by atoms with van der Waals surface area (Å²) in [6, 6.07) is 7.83. The van der Waals surface area contributed by atoms with Crippen LogP contribution in [0.2, 0.25) is 0 Å². The highest BCUT2D eigenvalue weighted by molar-refractivity contribution is 9.10. The van der Waals surface area contributed by atoms with Crippen molar-refractivity contribution in [1.29, 1.82) is 0 Å². The van der Waals surface area contributed by atoms with E-state index in [1.165, 1.54) is 0 Å². The minimum Gasteiger partial charge on any atom is -0.490 e. The number of carbonyl (C=O) groups excluding carboxylic acids is 1. The van der Waals surface area contributed by atoms with E-state index in [1.54, 1.807) is 0 Å². The number of hydrogen-bond donors (Lipinski definition) is 0. The summed E-state index contributed by atoms with van der Waals surface area (Å²) in [5.74, 6) is 0.988. The minimum atomic E-state index is -0.419. The number of ether oxygens (including phenoxy) is 2. The van der Waals surface area contributed by atoms with Crippen molar-refractivity contribution in [2.45, 2.75) is 58.2 Å². The molecule has 4 heteroatoms. The largest absolute Gasteiger partial charge is 0.490 e. The normalized spacial score (nSPS) is 22.1. The van der Waals surface area contributed by atoms with Crippen LogP contribution in [0, 0.1) is 5.92 Å². The summed E-state index contributed by atoms with van der Waals surface area (Å²) in [6.07, 6.45) is 3.69. The second-order valence-corrected chi connectivity index (χ2v) is 7.51. The van der Waals surface area contributed by atoms with Gasteiger partial charge in [-0.1, -0.05) is 15.9 Å². The Morgan fingerprint density at radius 1 is 1.24 bits per heavy atom. The van der Waals surface area contributed by atoms with Crippen molar-refractivity contribution in [3.63, 3.8) is 0 Å². The molecule has 21 heavy (non-hydrogen) atoms. The van der Waals surface area contributed by atoms with Crippen molar-refractivity contribution in [2.75, 3.05) is 0 Å². The van der Waals surface area contributed by atoms with Gasteiger partial charge in [0.25, 0.3) is 0 Å². The predicted octanol–water partition coefficient (Wildman–Crippen LogP) is 4.73. The SMILES string of the molecule is CC(C)(C)OC(=O)CC1CCCC1Oc1ccc(Br)cc1. The van der Waals surface area contributed by atoms with Crippen LogP contribution in [0.25, 0.3) is 0 Å². The number of halogens is 1. The van der Waals surface area contributed by atoms with Crippen molar-refractivity contribution < 1.29 is 14.3 Å². The van der Waals surface area contributed by atoms with Gasteiger partial charge in [0.15, 0.2) is 0 Å². The molecule has 116 valence electrons. The topological polar surface area (TPSA) is 35.5 Å². The third-order valence-corrected chi connectivity index (χ3v) is 4.07. The Hall–Kier alpha value is -1.03. The van der Waals surface area contributed by atoms with Crippen LogP contribution in [0.5, 0.6) is 5.75 Å². The summed E-state index contributed by atoms with van der Waals surface area (Å²) in [6.45, 7) is 5.69. The summed E-state index contributed by atoms with van der Waals surface area (Å²) in [7, 11) is 0. The molecule has 0 bridgehead atoms. The van der Waals surface area contributed by atoms with Crippen molar-refractivity contribution in [3.8, 4) is 5.75 Å². The Balaban J connectivity index is 1.91. The van der Waals surface area contributed by atoms with Gasteiger partial charge in [0.1, 0.15) is 17.5 Å². The fraction of sp³-hybridized carbons (Fsp3) is 0.588.